The number of aryl methyl sites for hydroxylation is 1. The van der Waals surface area contributed by atoms with Crippen molar-refractivity contribution in [2.75, 3.05) is 5.32 Å². The van der Waals surface area contributed by atoms with Crippen molar-refractivity contribution in [1.29, 1.82) is 0 Å². The summed E-state index contributed by atoms with van der Waals surface area (Å²) < 4.78 is 58.3. The van der Waals surface area contributed by atoms with Gasteiger partial charge in [0, 0.05) is 12.6 Å². The quantitative estimate of drug-likeness (QED) is 0.489. The van der Waals surface area contributed by atoms with E-state index in [2.05, 4.69) is 10.4 Å². The van der Waals surface area contributed by atoms with Gasteiger partial charge in [-0.1, -0.05) is 29.3 Å². The van der Waals surface area contributed by atoms with Gasteiger partial charge in [0.1, 0.15) is 5.82 Å². The topological polar surface area (TPSA) is 56.1 Å². The number of hydrogen-bond acceptors (Lipinski definition) is 3. The Bertz CT molecular complexity index is 1080. The molecule has 0 aliphatic rings. The number of nitrogens with one attached hydrogen (secondary N) is 1. The summed E-state index contributed by atoms with van der Waals surface area (Å²) in [5.41, 5.74) is -0.611. The molecule has 0 aliphatic carbocycles. The predicted octanol–water partition coefficient (Wildman–Crippen LogP) is 6.16. The first-order valence-electron chi connectivity index (χ1n) is 7.89. The van der Waals surface area contributed by atoms with Gasteiger partial charge in [-0.3, -0.25) is 10.00 Å². The van der Waals surface area contributed by atoms with Crippen LogP contribution in [0.3, 0.4) is 0 Å². The number of benzene rings is 2. The minimum atomic E-state index is -4.81. The number of ether oxygens (including phenoxy) is 1. The molecular weight excluding hydrogens is 437 g/mol. The molecule has 0 atom stereocenters. The number of nitrogens with zero attached hydrogens (tertiary/aromatic N) is 2. The minimum Gasteiger partial charge on any atom is -0.406 e. The van der Waals surface area contributed by atoms with E-state index >= 15 is 0 Å². The maximum atomic E-state index is 13.7. The van der Waals surface area contributed by atoms with E-state index in [0.717, 1.165) is 23.0 Å². The molecule has 0 spiro atoms. The number of alkyl halides is 3. The van der Waals surface area contributed by atoms with Gasteiger partial charge in [0.2, 0.25) is 5.69 Å². The Balaban J connectivity index is 1.89. The SMILES string of the molecule is Cn1cc(OC(=O)Nc2ccc(F)cc2-c2ccc(Cl)c(Cl)c2)c(C(F)(F)F)n1. The van der Waals surface area contributed by atoms with E-state index in [9.17, 15) is 22.4 Å². The molecule has 1 aromatic heterocycles. The highest BCUT2D eigenvalue weighted by Gasteiger charge is 2.38. The summed E-state index contributed by atoms with van der Waals surface area (Å²) in [5.74, 6) is -1.37. The van der Waals surface area contributed by atoms with Gasteiger partial charge in [0.15, 0.2) is 5.75 Å². The normalized spacial score (nSPS) is 11.4. The van der Waals surface area contributed by atoms with E-state index < -0.39 is 29.5 Å². The Morgan fingerprint density at radius 3 is 2.52 bits per heavy atom. The molecule has 0 unspecified atom stereocenters. The molecule has 1 heterocycles. The second kappa shape index (κ2) is 7.92. The average Bonchev–Trinajstić information content (AvgIpc) is 2.99. The third kappa shape index (κ3) is 4.80. The summed E-state index contributed by atoms with van der Waals surface area (Å²) in [6.07, 6.45) is -5.11. The molecule has 0 aliphatic heterocycles. The summed E-state index contributed by atoms with van der Waals surface area (Å²) in [6.45, 7) is 0. The molecule has 11 heteroatoms. The molecule has 29 heavy (non-hydrogen) atoms. The monoisotopic (exact) mass is 447 g/mol. The number of carbonyl (C=O) groups excluding carboxylic acids is 1. The highest BCUT2D eigenvalue weighted by molar-refractivity contribution is 6.42. The van der Waals surface area contributed by atoms with Crippen LogP contribution in [-0.4, -0.2) is 15.9 Å². The molecule has 3 aromatic rings. The molecule has 0 saturated carbocycles. The summed E-state index contributed by atoms with van der Waals surface area (Å²) in [4.78, 5) is 12.2. The standard InChI is InChI=1S/C18H11Cl2F4N3O2/c1-27-8-15(16(26-27)18(22,23)24)29-17(28)25-14-5-3-10(21)7-11(14)9-2-4-12(19)13(20)6-9/h2-8H,1H3,(H,25,28). The van der Waals surface area contributed by atoms with Crippen LogP contribution in [-0.2, 0) is 13.2 Å². The maximum Gasteiger partial charge on any atom is 0.438 e. The number of halogens is 6. The van der Waals surface area contributed by atoms with Crippen molar-refractivity contribution in [3.63, 3.8) is 0 Å². The first-order valence-corrected chi connectivity index (χ1v) is 8.65. The molecule has 0 fully saturated rings. The summed E-state index contributed by atoms with van der Waals surface area (Å²) in [6, 6.07) is 7.92. The third-order valence-corrected chi connectivity index (χ3v) is 4.45. The lowest BCUT2D eigenvalue weighted by Gasteiger charge is -2.13. The Morgan fingerprint density at radius 1 is 1.14 bits per heavy atom. The zero-order chi connectivity index (χ0) is 21.3. The van der Waals surface area contributed by atoms with Gasteiger partial charge in [-0.05, 0) is 35.9 Å². The van der Waals surface area contributed by atoms with Crippen molar-refractivity contribution >= 4 is 35.0 Å². The van der Waals surface area contributed by atoms with E-state index in [1.54, 1.807) is 6.07 Å². The van der Waals surface area contributed by atoms with Crippen LogP contribution in [0.1, 0.15) is 5.69 Å². The third-order valence-electron chi connectivity index (χ3n) is 3.72. The van der Waals surface area contributed by atoms with Crippen molar-refractivity contribution in [2.24, 2.45) is 7.05 Å². The van der Waals surface area contributed by atoms with Crippen molar-refractivity contribution < 1.29 is 27.1 Å². The summed E-state index contributed by atoms with van der Waals surface area (Å²) in [5, 5.41) is 6.02. The van der Waals surface area contributed by atoms with E-state index in [1.807, 2.05) is 0 Å². The lowest BCUT2D eigenvalue weighted by Crippen LogP contribution is -2.19. The van der Waals surface area contributed by atoms with Crippen LogP contribution in [0.4, 0.5) is 28.0 Å². The molecule has 0 saturated heterocycles. The van der Waals surface area contributed by atoms with Gasteiger partial charge >= 0.3 is 12.3 Å². The van der Waals surface area contributed by atoms with E-state index in [-0.39, 0.29) is 21.3 Å². The number of amides is 1. The van der Waals surface area contributed by atoms with E-state index in [0.29, 0.717) is 5.56 Å². The number of aromatic nitrogens is 2. The van der Waals surface area contributed by atoms with Crippen LogP contribution in [0.5, 0.6) is 5.75 Å². The number of rotatable bonds is 3. The first kappa shape index (κ1) is 20.9. The number of carbonyl (C=O) groups is 1. The second-order valence-corrected chi connectivity index (χ2v) is 6.66. The lowest BCUT2D eigenvalue weighted by atomic mass is 10.0. The lowest BCUT2D eigenvalue weighted by molar-refractivity contribution is -0.142. The highest BCUT2D eigenvalue weighted by atomic mass is 35.5. The van der Waals surface area contributed by atoms with Crippen LogP contribution in [0, 0.1) is 5.82 Å². The molecular formula is C18H11Cl2F4N3O2. The summed E-state index contributed by atoms with van der Waals surface area (Å²) >= 11 is 11.8. The second-order valence-electron chi connectivity index (χ2n) is 5.85. The fourth-order valence-corrected chi connectivity index (χ4v) is 2.80. The fourth-order valence-electron chi connectivity index (χ4n) is 2.50. The molecule has 2 aromatic carbocycles. The van der Waals surface area contributed by atoms with Crippen molar-refractivity contribution in [2.45, 2.75) is 6.18 Å². The maximum absolute atomic E-state index is 13.7. The van der Waals surface area contributed by atoms with Crippen molar-refractivity contribution in [3.05, 3.63) is 64.2 Å². The molecule has 1 N–H and O–H groups in total. The van der Waals surface area contributed by atoms with Gasteiger partial charge in [-0.2, -0.15) is 18.3 Å². The molecule has 3 rings (SSSR count). The minimum absolute atomic E-state index is 0.0900. The van der Waals surface area contributed by atoms with Gasteiger partial charge in [0.25, 0.3) is 0 Å². The molecule has 1 amide bonds. The Kier molecular flexibility index (Phi) is 5.72. The number of anilines is 1. The van der Waals surface area contributed by atoms with Crippen molar-refractivity contribution in [1.82, 2.24) is 9.78 Å². The predicted molar refractivity (Wildman–Crippen MR) is 99.7 cm³/mol. The summed E-state index contributed by atoms with van der Waals surface area (Å²) in [7, 11) is 1.25. The van der Waals surface area contributed by atoms with Crippen LogP contribution in [0.25, 0.3) is 11.1 Å². The zero-order valence-corrected chi connectivity index (χ0v) is 16.0. The highest BCUT2D eigenvalue weighted by Crippen LogP contribution is 2.36. The Morgan fingerprint density at radius 2 is 1.86 bits per heavy atom. The number of hydrogen-bond donors (Lipinski definition) is 1. The van der Waals surface area contributed by atoms with E-state index in [4.69, 9.17) is 27.9 Å². The van der Waals surface area contributed by atoms with Crippen LogP contribution in [0.2, 0.25) is 10.0 Å². The Hall–Kier alpha value is -2.78. The zero-order valence-electron chi connectivity index (χ0n) is 14.5. The van der Waals surface area contributed by atoms with Gasteiger partial charge in [-0.15, -0.1) is 0 Å². The van der Waals surface area contributed by atoms with Crippen LogP contribution in [0.15, 0.2) is 42.6 Å². The van der Waals surface area contributed by atoms with Gasteiger partial charge < -0.3 is 4.74 Å². The first-order chi connectivity index (χ1) is 13.5. The average molecular weight is 448 g/mol. The Labute approximate surface area is 171 Å². The largest absolute Gasteiger partial charge is 0.438 e. The molecule has 0 radical (unpaired) electrons. The molecule has 5 nitrogen and oxygen atoms in total. The van der Waals surface area contributed by atoms with Crippen LogP contribution < -0.4 is 10.1 Å². The molecule has 0 bridgehead atoms. The molecule has 152 valence electrons. The van der Waals surface area contributed by atoms with Crippen molar-refractivity contribution in [3.8, 4) is 16.9 Å². The van der Waals surface area contributed by atoms with Gasteiger partial charge in [0.05, 0.1) is 21.9 Å². The van der Waals surface area contributed by atoms with Gasteiger partial charge in [-0.25, -0.2) is 9.18 Å². The smallest absolute Gasteiger partial charge is 0.406 e. The fraction of sp³-hybridized carbons (Fsp3) is 0.111. The van der Waals surface area contributed by atoms with Crippen LogP contribution >= 0.6 is 23.2 Å². The van der Waals surface area contributed by atoms with E-state index in [1.165, 1.54) is 25.2 Å².